The number of nitrogens with zero attached hydrogens (tertiary/aromatic N) is 2. The van der Waals surface area contributed by atoms with Crippen LogP contribution in [-0.4, -0.2) is 34.2 Å². The predicted octanol–water partition coefficient (Wildman–Crippen LogP) is 2.72. The van der Waals surface area contributed by atoms with E-state index in [0.29, 0.717) is 5.56 Å². The van der Waals surface area contributed by atoms with Gasteiger partial charge in [-0.3, -0.25) is 9.78 Å². The quantitative estimate of drug-likeness (QED) is 0.753. The van der Waals surface area contributed by atoms with Gasteiger partial charge in [0.05, 0.1) is 0 Å². The summed E-state index contributed by atoms with van der Waals surface area (Å²) in [7, 11) is 0. The molecule has 0 aromatic carbocycles. The van der Waals surface area contributed by atoms with Gasteiger partial charge in [0.25, 0.3) is 5.91 Å². The van der Waals surface area contributed by atoms with Gasteiger partial charge in [-0.2, -0.15) is 0 Å². The first-order valence-electron chi connectivity index (χ1n) is 5.54. The maximum atomic E-state index is 12.1. The van der Waals surface area contributed by atoms with E-state index in [-0.39, 0.29) is 5.91 Å². The number of carbonyl (C=O) groups is 1. The molecular weight excluding hydrogens is 268 g/mol. The van der Waals surface area contributed by atoms with Gasteiger partial charge in [-0.25, -0.2) is 0 Å². The Balaban J connectivity index is 2.67. The Bertz CT molecular complexity index is 316. The number of amides is 1. The van der Waals surface area contributed by atoms with Crippen LogP contribution in [0, 0.1) is 0 Å². The van der Waals surface area contributed by atoms with Crippen LogP contribution in [0.4, 0.5) is 0 Å². The fraction of sp³-hybridized carbons (Fsp3) is 0.500. The molecule has 16 heavy (non-hydrogen) atoms. The van der Waals surface area contributed by atoms with Crippen molar-refractivity contribution in [1.82, 2.24) is 9.88 Å². The van der Waals surface area contributed by atoms with Crippen molar-refractivity contribution in [3.63, 3.8) is 0 Å². The molecule has 0 unspecified atom stereocenters. The zero-order chi connectivity index (χ0) is 11.8. The van der Waals surface area contributed by atoms with Gasteiger partial charge in [0, 0.05) is 36.4 Å². The number of hydrogen-bond acceptors (Lipinski definition) is 2. The third kappa shape index (κ3) is 3.93. The summed E-state index contributed by atoms with van der Waals surface area (Å²) in [5.74, 6) is 0.0929. The Hall–Kier alpha value is -0.900. The van der Waals surface area contributed by atoms with Gasteiger partial charge in [-0.05, 0) is 18.6 Å². The lowest BCUT2D eigenvalue weighted by atomic mass is 10.2. The SMILES string of the molecule is CCCCN(CCBr)C(=O)c1ccncc1. The zero-order valence-corrected chi connectivity index (χ0v) is 11.1. The summed E-state index contributed by atoms with van der Waals surface area (Å²) < 4.78 is 0. The number of pyridine rings is 1. The lowest BCUT2D eigenvalue weighted by Crippen LogP contribution is -2.33. The molecule has 0 aliphatic heterocycles. The van der Waals surface area contributed by atoms with E-state index >= 15 is 0 Å². The third-order valence-electron chi connectivity index (χ3n) is 2.35. The second-order valence-corrected chi connectivity index (χ2v) is 4.36. The minimum Gasteiger partial charge on any atom is -0.338 e. The largest absolute Gasteiger partial charge is 0.338 e. The van der Waals surface area contributed by atoms with Crippen molar-refractivity contribution in [2.24, 2.45) is 0 Å². The number of hydrogen-bond donors (Lipinski definition) is 0. The van der Waals surface area contributed by atoms with E-state index in [0.717, 1.165) is 31.3 Å². The van der Waals surface area contributed by atoms with E-state index in [4.69, 9.17) is 0 Å². The predicted molar refractivity (Wildman–Crippen MR) is 68.8 cm³/mol. The summed E-state index contributed by atoms with van der Waals surface area (Å²) in [5.41, 5.74) is 0.715. The lowest BCUT2D eigenvalue weighted by Gasteiger charge is -2.21. The fourth-order valence-electron chi connectivity index (χ4n) is 1.44. The first-order chi connectivity index (χ1) is 7.79. The molecular formula is C12H17BrN2O. The molecule has 0 radical (unpaired) electrons. The van der Waals surface area contributed by atoms with Crippen LogP contribution >= 0.6 is 15.9 Å². The van der Waals surface area contributed by atoms with E-state index in [9.17, 15) is 4.79 Å². The van der Waals surface area contributed by atoms with Gasteiger partial charge < -0.3 is 4.90 Å². The number of halogens is 1. The summed E-state index contributed by atoms with van der Waals surface area (Å²) in [6.07, 6.45) is 5.45. The second kappa shape index (κ2) is 7.39. The van der Waals surface area contributed by atoms with E-state index in [2.05, 4.69) is 27.8 Å². The lowest BCUT2D eigenvalue weighted by molar-refractivity contribution is 0.0764. The number of aromatic nitrogens is 1. The van der Waals surface area contributed by atoms with Crippen molar-refractivity contribution in [3.05, 3.63) is 30.1 Å². The molecule has 0 saturated carbocycles. The Kier molecular flexibility index (Phi) is 6.08. The van der Waals surface area contributed by atoms with Crippen LogP contribution in [0.25, 0.3) is 0 Å². The molecule has 0 N–H and O–H groups in total. The minimum atomic E-state index is 0.0929. The molecule has 1 aromatic heterocycles. The maximum Gasteiger partial charge on any atom is 0.253 e. The van der Waals surface area contributed by atoms with Gasteiger partial charge in [0.15, 0.2) is 0 Å². The van der Waals surface area contributed by atoms with Crippen LogP contribution in [0.15, 0.2) is 24.5 Å². The standard InChI is InChI=1S/C12H17BrN2O/c1-2-3-9-15(10-6-13)12(16)11-4-7-14-8-5-11/h4-5,7-8H,2-3,6,9-10H2,1H3. The Morgan fingerprint density at radius 1 is 1.38 bits per heavy atom. The van der Waals surface area contributed by atoms with Crippen LogP contribution in [0.1, 0.15) is 30.1 Å². The Labute approximate surface area is 105 Å². The molecule has 88 valence electrons. The average molecular weight is 285 g/mol. The van der Waals surface area contributed by atoms with E-state index in [1.54, 1.807) is 24.5 Å². The summed E-state index contributed by atoms with van der Waals surface area (Å²) in [6, 6.07) is 3.52. The first kappa shape index (κ1) is 13.2. The molecule has 3 nitrogen and oxygen atoms in total. The molecule has 0 saturated heterocycles. The van der Waals surface area contributed by atoms with Crippen LogP contribution in [0.5, 0.6) is 0 Å². The highest BCUT2D eigenvalue weighted by atomic mass is 79.9. The molecule has 0 atom stereocenters. The zero-order valence-electron chi connectivity index (χ0n) is 9.53. The molecule has 0 spiro atoms. The molecule has 0 fully saturated rings. The van der Waals surface area contributed by atoms with Crippen molar-refractivity contribution >= 4 is 21.8 Å². The maximum absolute atomic E-state index is 12.1. The van der Waals surface area contributed by atoms with Gasteiger partial charge in [0.1, 0.15) is 0 Å². The highest BCUT2D eigenvalue weighted by Crippen LogP contribution is 2.05. The van der Waals surface area contributed by atoms with Crippen LogP contribution in [0.3, 0.4) is 0 Å². The van der Waals surface area contributed by atoms with Crippen molar-refractivity contribution in [2.45, 2.75) is 19.8 Å². The Morgan fingerprint density at radius 2 is 2.06 bits per heavy atom. The molecule has 1 rings (SSSR count). The molecule has 4 heteroatoms. The fourth-order valence-corrected chi connectivity index (χ4v) is 1.87. The van der Waals surface area contributed by atoms with Gasteiger partial charge in [0.2, 0.25) is 0 Å². The third-order valence-corrected chi connectivity index (χ3v) is 2.71. The van der Waals surface area contributed by atoms with Crippen molar-refractivity contribution in [2.75, 3.05) is 18.4 Å². The monoisotopic (exact) mass is 284 g/mol. The van der Waals surface area contributed by atoms with Crippen molar-refractivity contribution < 1.29 is 4.79 Å². The van der Waals surface area contributed by atoms with E-state index < -0.39 is 0 Å². The number of rotatable bonds is 6. The highest BCUT2D eigenvalue weighted by Gasteiger charge is 2.13. The van der Waals surface area contributed by atoms with E-state index in [1.165, 1.54) is 0 Å². The summed E-state index contributed by atoms with van der Waals surface area (Å²) in [5, 5.41) is 0.813. The highest BCUT2D eigenvalue weighted by molar-refractivity contribution is 9.09. The summed E-state index contributed by atoms with van der Waals surface area (Å²) in [6.45, 7) is 3.70. The molecule has 0 aliphatic rings. The van der Waals surface area contributed by atoms with Crippen LogP contribution < -0.4 is 0 Å². The summed E-state index contributed by atoms with van der Waals surface area (Å²) in [4.78, 5) is 17.9. The molecule has 1 heterocycles. The smallest absolute Gasteiger partial charge is 0.253 e. The van der Waals surface area contributed by atoms with Gasteiger partial charge in [-0.1, -0.05) is 29.3 Å². The topological polar surface area (TPSA) is 33.2 Å². The Morgan fingerprint density at radius 3 is 2.62 bits per heavy atom. The molecule has 0 bridgehead atoms. The number of carbonyl (C=O) groups excluding carboxylic acids is 1. The summed E-state index contributed by atoms with van der Waals surface area (Å²) >= 11 is 3.38. The minimum absolute atomic E-state index is 0.0929. The van der Waals surface area contributed by atoms with E-state index in [1.807, 2.05) is 4.90 Å². The average Bonchev–Trinajstić information content (AvgIpc) is 2.35. The molecule has 1 aromatic rings. The van der Waals surface area contributed by atoms with Crippen LogP contribution in [0.2, 0.25) is 0 Å². The van der Waals surface area contributed by atoms with Crippen LogP contribution in [-0.2, 0) is 0 Å². The second-order valence-electron chi connectivity index (χ2n) is 3.57. The van der Waals surface area contributed by atoms with Crippen molar-refractivity contribution in [3.8, 4) is 0 Å². The van der Waals surface area contributed by atoms with Gasteiger partial charge in [-0.15, -0.1) is 0 Å². The number of alkyl halides is 1. The molecule has 1 amide bonds. The van der Waals surface area contributed by atoms with Gasteiger partial charge >= 0.3 is 0 Å². The first-order valence-corrected chi connectivity index (χ1v) is 6.67. The number of unbranched alkanes of at least 4 members (excludes halogenated alkanes) is 1. The molecule has 0 aliphatic carbocycles. The normalized spacial score (nSPS) is 10.1. The van der Waals surface area contributed by atoms with Crippen molar-refractivity contribution in [1.29, 1.82) is 0 Å².